The summed E-state index contributed by atoms with van der Waals surface area (Å²) in [4.78, 5) is 0. The fourth-order valence-electron chi connectivity index (χ4n) is 1.00. The van der Waals surface area contributed by atoms with E-state index in [0.717, 1.165) is 0 Å². The van der Waals surface area contributed by atoms with E-state index in [0.29, 0.717) is 0 Å². The average Bonchev–Trinajstić information content (AvgIpc) is 2.15. The molecule has 0 saturated carbocycles. The van der Waals surface area contributed by atoms with Crippen LogP contribution in [0.5, 0.6) is 0 Å². The molecule has 0 aliphatic carbocycles. The Bertz CT molecular complexity index is 325. The van der Waals surface area contributed by atoms with Crippen molar-refractivity contribution < 1.29 is 0 Å². The Morgan fingerprint density at radius 1 is 0.733 bits per heavy atom. The van der Waals surface area contributed by atoms with Crippen molar-refractivity contribution in [2.45, 2.75) is 34.6 Å². The summed E-state index contributed by atoms with van der Waals surface area (Å²) in [6.45, 7) is 14.3. The summed E-state index contributed by atoms with van der Waals surface area (Å²) in [5, 5.41) is 0. The number of hydrogen-bond donors (Lipinski definition) is 0. The van der Waals surface area contributed by atoms with Gasteiger partial charge in [-0.2, -0.15) is 0 Å². The van der Waals surface area contributed by atoms with Crippen molar-refractivity contribution in [3.05, 3.63) is 59.3 Å². The van der Waals surface area contributed by atoms with Crippen LogP contribution in [-0.4, -0.2) is 0 Å². The molecule has 0 N–H and O–H groups in total. The van der Waals surface area contributed by atoms with Crippen LogP contribution >= 0.6 is 0 Å². The topological polar surface area (TPSA) is 0 Å². The van der Waals surface area contributed by atoms with Gasteiger partial charge in [0, 0.05) is 0 Å². The third kappa shape index (κ3) is 6.73. The summed E-state index contributed by atoms with van der Waals surface area (Å²) in [6, 6.07) is 0. The van der Waals surface area contributed by atoms with Crippen molar-refractivity contribution in [3.63, 3.8) is 0 Å². The van der Waals surface area contributed by atoms with E-state index in [9.17, 15) is 0 Å². The second-order valence-corrected chi connectivity index (χ2v) is 4.16. The molecule has 0 aliphatic rings. The zero-order valence-corrected chi connectivity index (χ0v) is 10.6. The molecule has 0 heterocycles. The first-order chi connectivity index (χ1) is 6.97. The minimum atomic E-state index is 1.17. The van der Waals surface area contributed by atoms with Crippen LogP contribution in [0.4, 0.5) is 0 Å². The molecule has 0 spiro atoms. The highest BCUT2D eigenvalue weighted by Crippen LogP contribution is 2.11. The Labute approximate surface area is 94.4 Å². The standard InChI is InChI=1S/C15H22/c1-7-15(11-9-13(4)5)14(6)10-8-12(2)3/h7-11H,1H2,2-6H3/b14-10+,15-11+. The predicted molar refractivity (Wildman–Crippen MR) is 70.9 cm³/mol. The van der Waals surface area contributed by atoms with Crippen LogP contribution in [-0.2, 0) is 0 Å². The van der Waals surface area contributed by atoms with Crippen LogP contribution in [0.1, 0.15) is 34.6 Å². The Morgan fingerprint density at radius 2 is 1.20 bits per heavy atom. The zero-order chi connectivity index (χ0) is 11.8. The van der Waals surface area contributed by atoms with Gasteiger partial charge < -0.3 is 0 Å². The highest BCUT2D eigenvalue weighted by Gasteiger charge is 1.91. The molecule has 15 heavy (non-hydrogen) atoms. The summed E-state index contributed by atoms with van der Waals surface area (Å²) in [6.07, 6.45) is 10.4. The van der Waals surface area contributed by atoms with Crippen LogP contribution in [0.15, 0.2) is 59.3 Å². The van der Waals surface area contributed by atoms with E-state index in [4.69, 9.17) is 0 Å². The molecule has 0 amide bonds. The fourth-order valence-corrected chi connectivity index (χ4v) is 1.00. The van der Waals surface area contributed by atoms with Gasteiger partial charge in [0.2, 0.25) is 0 Å². The van der Waals surface area contributed by atoms with Gasteiger partial charge >= 0.3 is 0 Å². The van der Waals surface area contributed by atoms with Gasteiger partial charge in [-0.05, 0) is 45.8 Å². The van der Waals surface area contributed by atoms with E-state index < -0.39 is 0 Å². The molecular formula is C15H22. The molecule has 0 nitrogen and oxygen atoms in total. The van der Waals surface area contributed by atoms with Crippen LogP contribution in [0.2, 0.25) is 0 Å². The largest absolute Gasteiger partial charge is 0.0985 e. The molecule has 0 saturated heterocycles. The lowest BCUT2D eigenvalue weighted by atomic mass is 10.1. The normalized spacial score (nSPS) is 12.1. The summed E-state index contributed by atoms with van der Waals surface area (Å²) < 4.78 is 0. The van der Waals surface area contributed by atoms with E-state index in [2.05, 4.69) is 65.5 Å². The molecular weight excluding hydrogens is 180 g/mol. The van der Waals surface area contributed by atoms with Crippen LogP contribution in [0, 0.1) is 0 Å². The average molecular weight is 202 g/mol. The lowest BCUT2D eigenvalue weighted by Crippen LogP contribution is -1.80. The Morgan fingerprint density at radius 3 is 1.60 bits per heavy atom. The molecule has 0 aromatic carbocycles. The minimum Gasteiger partial charge on any atom is -0.0985 e. The molecule has 82 valence electrons. The lowest BCUT2D eigenvalue weighted by molar-refractivity contribution is 1.36. The maximum Gasteiger partial charge on any atom is -0.0233 e. The smallest absolute Gasteiger partial charge is 0.0233 e. The number of rotatable bonds is 4. The van der Waals surface area contributed by atoms with Crippen LogP contribution < -0.4 is 0 Å². The van der Waals surface area contributed by atoms with E-state index in [1.165, 1.54) is 22.3 Å². The second-order valence-electron chi connectivity index (χ2n) is 4.16. The molecule has 0 heteroatoms. The van der Waals surface area contributed by atoms with E-state index in [1.54, 1.807) is 0 Å². The molecule has 0 aromatic heterocycles. The van der Waals surface area contributed by atoms with Gasteiger partial charge in [-0.3, -0.25) is 0 Å². The third-order valence-electron chi connectivity index (χ3n) is 1.94. The van der Waals surface area contributed by atoms with Crippen molar-refractivity contribution in [2.24, 2.45) is 0 Å². The van der Waals surface area contributed by atoms with Crippen molar-refractivity contribution in [1.82, 2.24) is 0 Å². The first-order valence-electron chi connectivity index (χ1n) is 5.27. The Balaban J connectivity index is 4.91. The molecule has 0 aliphatic heterocycles. The van der Waals surface area contributed by atoms with Crippen LogP contribution in [0.3, 0.4) is 0 Å². The molecule has 0 bridgehead atoms. The van der Waals surface area contributed by atoms with Gasteiger partial charge in [-0.1, -0.05) is 48.1 Å². The van der Waals surface area contributed by atoms with Crippen LogP contribution in [0.25, 0.3) is 0 Å². The van der Waals surface area contributed by atoms with E-state index >= 15 is 0 Å². The molecule has 0 atom stereocenters. The van der Waals surface area contributed by atoms with E-state index in [-0.39, 0.29) is 0 Å². The summed E-state index contributed by atoms with van der Waals surface area (Å²) in [7, 11) is 0. The van der Waals surface area contributed by atoms with Crippen molar-refractivity contribution in [2.75, 3.05) is 0 Å². The fraction of sp³-hybridized carbons (Fsp3) is 0.333. The molecule has 0 rings (SSSR count). The SMILES string of the molecule is C=CC(=C\C=C(C)C)/C(C)=C/C=C(C)C. The van der Waals surface area contributed by atoms with Gasteiger partial charge in [0.1, 0.15) is 0 Å². The number of hydrogen-bond acceptors (Lipinski definition) is 0. The summed E-state index contributed by atoms with van der Waals surface area (Å²) >= 11 is 0. The van der Waals surface area contributed by atoms with E-state index in [1.807, 2.05) is 6.08 Å². The summed E-state index contributed by atoms with van der Waals surface area (Å²) in [5.41, 5.74) is 5.02. The monoisotopic (exact) mass is 202 g/mol. The molecule has 0 radical (unpaired) electrons. The highest BCUT2D eigenvalue weighted by atomic mass is 14.0. The first-order valence-corrected chi connectivity index (χ1v) is 5.27. The highest BCUT2D eigenvalue weighted by molar-refractivity contribution is 5.42. The van der Waals surface area contributed by atoms with Gasteiger partial charge in [0.15, 0.2) is 0 Å². The first kappa shape index (κ1) is 13.7. The minimum absolute atomic E-state index is 1.17. The third-order valence-corrected chi connectivity index (χ3v) is 1.94. The second kappa shape index (κ2) is 7.05. The van der Waals surface area contributed by atoms with Gasteiger partial charge in [0.05, 0.1) is 0 Å². The maximum atomic E-state index is 3.83. The van der Waals surface area contributed by atoms with Gasteiger partial charge in [-0.15, -0.1) is 0 Å². The molecule has 0 unspecified atom stereocenters. The van der Waals surface area contributed by atoms with Gasteiger partial charge in [0.25, 0.3) is 0 Å². The zero-order valence-electron chi connectivity index (χ0n) is 10.6. The van der Waals surface area contributed by atoms with Gasteiger partial charge in [-0.25, -0.2) is 0 Å². The maximum absolute atomic E-state index is 3.83. The predicted octanol–water partition coefficient (Wildman–Crippen LogP) is 4.98. The van der Waals surface area contributed by atoms with Crippen molar-refractivity contribution in [3.8, 4) is 0 Å². The van der Waals surface area contributed by atoms with Crippen molar-refractivity contribution in [1.29, 1.82) is 0 Å². The molecule has 0 fully saturated rings. The lowest BCUT2D eigenvalue weighted by Gasteiger charge is -2.00. The Hall–Kier alpha value is -1.30. The Kier molecular flexibility index (Phi) is 6.44. The summed E-state index contributed by atoms with van der Waals surface area (Å²) in [5.74, 6) is 0. The van der Waals surface area contributed by atoms with Crippen molar-refractivity contribution >= 4 is 0 Å². The molecule has 0 aromatic rings. The quantitative estimate of drug-likeness (QED) is 0.564. The number of allylic oxidation sites excluding steroid dienone is 9.